The zero-order valence-electron chi connectivity index (χ0n) is 24.4. The highest BCUT2D eigenvalue weighted by Gasteiger charge is 2.34. The van der Waals surface area contributed by atoms with E-state index in [0.717, 1.165) is 9.13 Å². The molecule has 0 N–H and O–H groups in total. The van der Waals surface area contributed by atoms with Crippen LogP contribution in [0.5, 0.6) is 11.5 Å². The summed E-state index contributed by atoms with van der Waals surface area (Å²) in [6, 6.07) is 15.8. The molecular formula is C32H29IN2O8S. The highest BCUT2D eigenvalue weighted by atomic mass is 127. The van der Waals surface area contributed by atoms with Crippen LogP contribution in [-0.4, -0.2) is 43.4 Å². The topological polar surface area (TPSA) is 119 Å². The second-order valence-electron chi connectivity index (χ2n) is 9.52. The molecule has 0 saturated carbocycles. The molecule has 228 valence electrons. The van der Waals surface area contributed by atoms with Gasteiger partial charge in [-0.05, 0) is 85.3 Å². The predicted octanol–water partition coefficient (Wildman–Crippen LogP) is 4.61. The number of carbonyl (C=O) groups excluding carboxylic acids is 2. The normalized spacial score (nSPS) is 14.6. The summed E-state index contributed by atoms with van der Waals surface area (Å²) in [5.41, 5.74) is 1.82. The number of hydrogen-bond acceptors (Lipinski definition) is 10. The molecule has 1 atom stereocenters. The molecule has 0 amide bonds. The number of halogens is 1. The first-order valence-corrected chi connectivity index (χ1v) is 15.6. The Morgan fingerprint density at radius 1 is 1.05 bits per heavy atom. The fourth-order valence-electron chi connectivity index (χ4n) is 4.71. The van der Waals surface area contributed by atoms with E-state index in [-0.39, 0.29) is 24.3 Å². The standard InChI is InChI=1S/C32H29IN2O8S/c1-5-40-25-15-20(9-13-24(25)42-17-27(36)39-4)29-28(31(38)41-6-2)18(3)34-32-35(29)30(37)26(44-32)16-22-12-14-23(43-22)19-7-10-21(33)11-8-19/h7-16,29H,5-6,17H2,1-4H3/b26-16-/t29-/m0/s1. The van der Waals surface area contributed by atoms with Gasteiger partial charge in [-0.25, -0.2) is 14.6 Å². The summed E-state index contributed by atoms with van der Waals surface area (Å²) in [4.78, 5) is 44.0. The molecule has 0 spiro atoms. The van der Waals surface area contributed by atoms with E-state index in [4.69, 9.17) is 18.6 Å². The first-order chi connectivity index (χ1) is 21.2. The van der Waals surface area contributed by atoms with Gasteiger partial charge in [-0.2, -0.15) is 0 Å². The van der Waals surface area contributed by atoms with Gasteiger partial charge in [0.15, 0.2) is 22.9 Å². The van der Waals surface area contributed by atoms with Gasteiger partial charge in [0.2, 0.25) is 0 Å². The maximum absolute atomic E-state index is 14.0. The third-order valence-corrected chi connectivity index (χ3v) is 8.40. The first kappa shape index (κ1) is 31.3. The van der Waals surface area contributed by atoms with E-state index in [0.29, 0.717) is 50.2 Å². The number of rotatable bonds is 10. The van der Waals surface area contributed by atoms with E-state index >= 15 is 0 Å². The average molecular weight is 729 g/mol. The maximum Gasteiger partial charge on any atom is 0.343 e. The lowest BCUT2D eigenvalue weighted by atomic mass is 9.95. The molecule has 44 heavy (non-hydrogen) atoms. The SMILES string of the molecule is CCOC(=O)C1=C(C)N=c2s/c(=C\c3ccc(-c4ccc(I)cc4)o3)c(=O)n2[C@H]1c1ccc(OCC(=O)OC)c(OCC)c1. The van der Waals surface area contributed by atoms with Crippen molar-refractivity contribution in [1.29, 1.82) is 0 Å². The smallest absolute Gasteiger partial charge is 0.343 e. The molecule has 5 rings (SSSR count). The Kier molecular flexibility index (Phi) is 9.69. The van der Waals surface area contributed by atoms with E-state index in [1.165, 1.54) is 23.0 Å². The second-order valence-corrected chi connectivity index (χ2v) is 11.8. The molecule has 1 aliphatic rings. The van der Waals surface area contributed by atoms with Crippen molar-refractivity contribution in [2.24, 2.45) is 4.99 Å². The number of fused-ring (bicyclic) bond motifs is 1. The summed E-state index contributed by atoms with van der Waals surface area (Å²) in [5.74, 6) is 0.713. The van der Waals surface area contributed by atoms with Gasteiger partial charge in [-0.3, -0.25) is 9.36 Å². The third-order valence-electron chi connectivity index (χ3n) is 6.70. The molecule has 12 heteroatoms. The van der Waals surface area contributed by atoms with Crippen LogP contribution in [0.15, 0.2) is 80.1 Å². The molecule has 2 aromatic carbocycles. The summed E-state index contributed by atoms with van der Waals surface area (Å²) in [7, 11) is 1.27. The Labute approximate surface area is 270 Å². The number of ether oxygens (including phenoxy) is 4. The molecule has 0 saturated heterocycles. The number of furan rings is 1. The number of thiazole rings is 1. The Bertz CT molecular complexity index is 1920. The average Bonchev–Trinajstić information content (AvgIpc) is 3.60. The monoisotopic (exact) mass is 728 g/mol. The summed E-state index contributed by atoms with van der Waals surface area (Å²) in [6.45, 7) is 5.40. The molecule has 0 unspecified atom stereocenters. The molecule has 4 aromatic rings. The minimum Gasteiger partial charge on any atom is -0.490 e. The number of methoxy groups -OCH3 is 1. The number of hydrogen-bond donors (Lipinski definition) is 0. The Hall–Kier alpha value is -4.17. The van der Waals surface area contributed by atoms with E-state index in [2.05, 4.69) is 32.3 Å². The maximum atomic E-state index is 14.0. The molecule has 0 fully saturated rings. The quantitative estimate of drug-likeness (QED) is 0.172. The van der Waals surface area contributed by atoms with Gasteiger partial charge in [0.25, 0.3) is 5.56 Å². The van der Waals surface area contributed by atoms with Gasteiger partial charge in [-0.1, -0.05) is 29.5 Å². The minimum absolute atomic E-state index is 0.151. The van der Waals surface area contributed by atoms with E-state index in [9.17, 15) is 14.4 Å². The lowest BCUT2D eigenvalue weighted by Gasteiger charge is -2.25. The van der Waals surface area contributed by atoms with Crippen molar-refractivity contribution in [2.75, 3.05) is 26.9 Å². The van der Waals surface area contributed by atoms with Gasteiger partial charge in [-0.15, -0.1) is 0 Å². The van der Waals surface area contributed by atoms with Crippen LogP contribution >= 0.6 is 33.9 Å². The lowest BCUT2D eigenvalue weighted by molar-refractivity contribution is -0.143. The zero-order chi connectivity index (χ0) is 31.4. The van der Waals surface area contributed by atoms with Crippen molar-refractivity contribution in [3.63, 3.8) is 0 Å². The Morgan fingerprint density at radius 3 is 2.52 bits per heavy atom. The van der Waals surface area contributed by atoms with Crippen molar-refractivity contribution < 1.29 is 33.0 Å². The van der Waals surface area contributed by atoms with Crippen LogP contribution in [0, 0.1) is 3.57 Å². The van der Waals surface area contributed by atoms with Crippen LogP contribution in [0.4, 0.5) is 0 Å². The van der Waals surface area contributed by atoms with Crippen molar-refractivity contribution >= 4 is 51.9 Å². The summed E-state index contributed by atoms with van der Waals surface area (Å²) < 4.78 is 30.5. The summed E-state index contributed by atoms with van der Waals surface area (Å²) in [5, 5.41) is 0. The molecule has 10 nitrogen and oxygen atoms in total. The molecule has 0 bridgehead atoms. The predicted molar refractivity (Wildman–Crippen MR) is 172 cm³/mol. The van der Waals surface area contributed by atoms with Crippen molar-refractivity contribution in [3.05, 3.63) is 100 Å². The summed E-state index contributed by atoms with van der Waals surface area (Å²) >= 11 is 3.44. The van der Waals surface area contributed by atoms with E-state index in [1.807, 2.05) is 37.3 Å². The van der Waals surface area contributed by atoms with Gasteiger partial charge in [0, 0.05) is 15.2 Å². The molecular weight excluding hydrogens is 699 g/mol. The number of allylic oxidation sites excluding steroid dienone is 1. The van der Waals surface area contributed by atoms with Gasteiger partial charge in [0.1, 0.15) is 11.5 Å². The van der Waals surface area contributed by atoms with E-state index in [1.54, 1.807) is 44.2 Å². The highest BCUT2D eigenvalue weighted by molar-refractivity contribution is 14.1. The summed E-state index contributed by atoms with van der Waals surface area (Å²) in [6.07, 6.45) is 1.68. The van der Waals surface area contributed by atoms with Gasteiger partial charge < -0.3 is 23.4 Å². The highest BCUT2D eigenvalue weighted by Crippen LogP contribution is 2.36. The Balaban J connectivity index is 1.61. The molecule has 1 aliphatic heterocycles. The number of benzene rings is 2. The molecule has 2 aromatic heterocycles. The van der Waals surface area contributed by atoms with E-state index < -0.39 is 18.0 Å². The Morgan fingerprint density at radius 2 is 1.82 bits per heavy atom. The van der Waals surface area contributed by atoms with Crippen molar-refractivity contribution in [1.82, 2.24) is 4.57 Å². The lowest BCUT2D eigenvalue weighted by Crippen LogP contribution is -2.40. The fraction of sp³-hybridized carbons (Fsp3) is 0.250. The number of nitrogens with zero attached hydrogens (tertiary/aromatic N) is 2. The van der Waals surface area contributed by atoms with Crippen LogP contribution < -0.4 is 24.4 Å². The van der Waals surface area contributed by atoms with Crippen LogP contribution in [-0.2, 0) is 19.1 Å². The number of esters is 2. The number of carbonyl (C=O) groups is 2. The zero-order valence-corrected chi connectivity index (χ0v) is 27.4. The minimum atomic E-state index is -0.861. The molecule has 0 aliphatic carbocycles. The van der Waals surface area contributed by atoms with Crippen LogP contribution in [0.3, 0.4) is 0 Å². The molecule has 3 heterocycles. The first-order valence-electron chi connectivity index (χ1n) is 13.8. The van der Waals surface area contributed by atoms with Crippen molar-refractivity contribution in [3.8, 4) is 22.8 Å². The third kappa shape index (κ3) is 6.50. The second kappa shape index (κ2) is 13.6. The van der Waals surface area contributed by atoms with Crippen LogP contribution in [0.2, 0.25) is 0 Å². The van der Waals surface area contributed by atoms with Crippen LogP contribution in [0.25, 0.3) is 17.4 Å². The number of aromatic nitrogens is 1. The van der Waals surface area contributed by atoms with Crippen molar-refractivity contribution in [2.45, 2.75) is 26.8 Å². The van der Waals surface area contributed by atoms with Crippen LogP contribution in [0.1, 0.15) is 38.1 Å². The van der Waals surface area contributed by atoms with Gasteiger partial charge in [0.05, 0.1) is 42.2 Å². The molecule has 0 radical (unpaired) electrons. The van der Waals surface area contributed by atoms with Gasteiger partial charge >= 0.3 is 11.9 Å². The fourth-order valence-corrected chi connectivity index (χ4v) is 6.10. The largest absolute Gasteiger partial charge is 0.490 e.